The molecule has 0 heterocycles. The second-order valence-electron chi connectivity index (χ2n) is 3.35. The molecule has 0 aliphatic heterocycles. The van der Waals surface area contributed by atoms with Crippen LogP contribution in [0.5, 0.6) is 11.5 Å². The quantitative estimate of drug-likeness (QED) is 0.596. The van der Waals surface area contributed by atoms with E-state index in [1.54, 1.807) is 0 Å². The number of phenols is 2. The molecule has 92 valence electrons. The van der Waals surface area contributed by atoms with Crippen LogP contribution in [-0.4, -0.2) is 35.7 Å². The van der Waals surface area contributed by atoms with E-state index in [1.807, 2.05) is 0 Å². The molecule has 1 aromatic rings. The van der Waals surface area contributed by atoms with Crippen LogP contribution >= 0.6 is 0 Å². The van der Waals surface area contributed by atoms with E-state index in [2.05, 4.69) is 4.74 Å². The highest BCUT2D eigenvalue weighted by molar-refractivity contribution is 5.96. The maximum atomic E-state index is 11.4. The monoisotopic (exact) mass is 239 g/mol. The van der Waals surface area contributed by atoms with E-state index in [1.165, 1.54) is 32.2 Å². The number of anilines is 1. The van der Waals surface area contributed by atoms with Gasteiger partial charge in [-0.2, -0.15) is 0 Å². The first-order valence-corrected chi connectivity index (χ1v) is 4.82. The van der Waals surface area contributed by atoms with Crippen molar-refractivity contribution in [2.24, 2.45) is 0 Å². The summed E-state index contributed by atoms with van der Waals surface area (Å²) in [5, 5.41) is 18.5. The summed E-state index contributed by atoms with van der Waals surface area (Å²) in [6, 6.07) is 3.84. The van der Waals surface area contributed by atoms with Gasteiger partial charge in [0.1, 0.15) is 6.54 Å². The van der Waals surface area contributed by atoms with E-state index >= 15 is 0 Å². The van der Waals surface area contributed by atoms with Crippen LogP contribution in [0.1, 0.15) is 6.92 Å². The van der Waals surface area contributed by atoms with Gasteiger partial charge in [0.15, 0.2) is 11.5 Å². The number of aromatic hydroxyl groups is 2. The minimum absolute atomic E-state index is 0.254. The van der Waals surface area contributed by atoms with Crippen molar-refractivity contribution in [3.8, 4) is 11.5 Å². The SMILES string of the molecule is COC(=O)CN(C(C)=O)c1ccc(O)c(O)c1. The van der Waals surface area contributed by atoms with E-state index in [9.17, 15) is 14.7 Å². The van der Waals surface area contributed by atoms with Crippen LogP contribution in [0.3, 0.4) is 0 Å². The second kappa shape index (κ2) is 5.20. The number of phenolic OH excluding ortho intramolecular Hbond substituents is 2. The molecule has 2 N–H and O–H groups in total. The fraction of sp³-hybridized carbons (Fsp3) is 0.273. The van der Waals surface area contributed by atoms with Crippen LogP contribution < -0.4 is 4.90 Å². The fourth-order valence-corrected chi connectivity index (χ4v) is 1.26. The molecule has 6 heteroatoms. The minimum Gasteiger partial charge on any atom is -0.504 e. The molecule has 0 aliphatic carbocycles. The van der Waals surface area contributed by atoms with Gasteiger partial charge < -0.3 is 19.8 Å². The molecule has 0 saturated carbocycles. The topological polar surface area (TPSA) is 87.1 Å². The summed E-state index contributed by atoms with van der Waals surface area (Å²) < 4.78 is 4.46. The van der Waals surface area contributed by atoms with Crippen LogP contribution in [0.15, 0.2) is 18.2 Å². The summed E-state index contributed by atoms with van der Waals surface area (Å²) in [7, 11) is 1.22. The number of methoxy groups -OCH3 is 1. The van der Waals surface area contributed by atoms with Crippen LogP contribution in [0.25, 0.3) is 0 Å². The Morgan fingerprint density at radius 1 is 1.29 bits per heavy atom. The average molecular weight is 239 g/mol. The third kappa shape index (κ3) is 3.10. The molecule has 0 unspecified atom stereocenters. The predicted octanol–water partition coefficient (Wildman–Crippen LogP) is 0.624. The Hall–Kier alpha value is -2.24. The number of amides is 1. The van der Waals surface area contributed by atoms with E-state index < -0.39 is 5.97 Å². The number of hydrogen-bond acceptors (Lipinski definition) is 5. The number of esters is 1. The van der Waals surface area contributed by atoms with Gasteiger partial charge in [0.25, 0.3) is 0 Å². The molecule has 1 rings (SSSR count). The molecule has 1 amide bonds. The van der Waals surface area contributed by atoms with Crippen molar-refractivity contribution in [1.29, 1.82) is 0 Å². The minimum atomic E-state index is -0.576. The normalized spacial score (nSPS) is 9.76. The lowest BCUT2D eigenvalue weighted by atomic mass is 10.2. The van der Waals surface area contributed by atoms with Gasteiger partial charge in [-0.3, -0.25) is 9.59 Å². The number of nitrogens with zero attached hydrogens (tertiary/aromatic N) is 1. The highest BCUT2D eigenvalue weighted by Crippen LogP contribution is 2.29. The Balaban J connectivity index is 3.01. The number of benzene rings is 1. The summed E-state index contributed by atoms with van der Waals surface area (Å²) in [6.07, 6.45) is 0. The van der Waals surface area contributed by atoms with Crippen molar-refractivity contribution >= 4 is 17.6 Å². The summed E-state index contributed by atoms with van der Waals surface area (Å²) in [6.45, 7) is 1.03. The first kappa shape index (κ1) is 12.8. The lowest BCUT2D eigenvalue weighted by Crippen LogP contribution is -2.34. The molecule has 17 heavy (non-hydrogen) atoms. The van der Waals surface area contributed by atoms with Crippen LogP contribution in [0, 0.1) is 0 Å². The van der Waals surface area contributed by atoms with E-state index in [4.69, 9.17) is 5.11 Å². The molecule has 0 aliphatic rings. The molecule has 0 spiro atoms. The molecular weight excluding hydrogens is 226 g/mol. The Labute approximate surface area is 98.0 Å². The number of carbonyl (C=O) groups excluding carboxylic acids is 2. The Morgan fingerprint density at radius 3 is 2.41 bits per heavy atom. The zero-order valence-corrected chi connectivity index (χ0v) is 9.51. The summed E-state index contributed by atoms with van der Waals surface area (Å²) >= 11 is 0. The van der Waals surface area contributed by atoms with Crippen LogP contribution in [-0.2, 0) is 14.3 Å². The molecule has 0 radical (unpaired) electrons. The van der Waals surface area contributed by atoms with Gasteiger partial charge in [-0.05, 0) is 12.1 Å². The van der Waals surface area contributed by atoms with Crippen molar-refractivity contribution in [1.82, 2.24) is 0 Å². The molecule has 6 nitrogen and oxygen atoms in total. The zero-order valence-electron chi connectivity index (χ0n) is 9.51. The Kier molecular flexibility index (Phi) is 3.92. The molecule has 1 aromatic carbocycles. The maximum absolute atomic E-state index is 11.4. The third-order valence-electron chi connectivity index (χ3n) is 2.17. The summed E-state index contributed by atoms with van der Waals surface area (Å²) in [5.74, 6) is -1.61. The second-order valence-corrected chi connectivity index (χ2v) is 3.35. The lowest BCUT2D eigenvalue weighted by molar-refractivity contribution is -0.139. The zero-order chi connectivity index (χ0) is 13.0. The van der Waals surface area contributed by atoms with Crippen molar-refractivity contribution in [3.05, 3.63) is 18.2 Å². The Morgan fingerprint density at radius 2 is 1.94 bits per heavy atom. The van der Waals surface area contributed by atoms with Crippen LogP contribution in [0.2, 0.25) is 0 Å². The molecule has 0 bridgehead atoms. The van der Waals surface area contributed by atoms with Crippen molar-refractivity contribution in [2.75, 3.05) is 18.6 Å². The average Bonchev–Trinajstić information content (AvgIpc) is 2.29. The van der Waals surface area contributed by atoms with Gasteiger partial charge >= 0.3 is 5.97 Å². The van der Waals surface area contributed by atoms with E-state index in [0.717, 1.165) is 4.90 Å². The standard InChI is InChI=1S/C11H13NO5/c1-7(13)12(6-11(16)17-2)8-3-4-9(14)10(15)5-8/h3-5,14-15H,6H2,1-2H3. The van der Waals surface area contributed by atoms with Crippen molar-refractivity contribution in [2.45, 2.75) is 6.92 Å². The molecule has 0 atom stereocenters. The van der Waals surface area contributed by atoms with E-state index in [0.29, 0.717) is 5.69 Å². The molecule has 0 fully saturated rings. The van der Waals surface area contributed by atoms with Crippen molar-refractivity contribution in [3.63, 3.8) is 0 Å². The molecule has 0 aromatic heterocycles. The highest BCUT2D eigenvalue weighted by Gasteiger charge is 2.17. The fourth-order valence-electron chi connectivity index (χ4n) is 1.26. The smallest absolute Gasteiger partial charge is 0.325 e. The lowest BCUT2D eigenvalue weighted by Gasteiger charge is -2.19. The predicted molar refractivity (Wildman–Crippen MR) is 59.8 cm³/mol. The molecular formula is C11H13NO5. The van der Waals surface area contributed by atoms with Gasteiger partial charge in [0.05, 0.1) is 7.11 Å². The number of ether oxygens (including phenoxy) is 1. The number of hydrogen-bond donors (Lipinski definition) is 2. The van der Waals surface area contributed by atoms with E-state index in [-0.39, 0.29) is 24.0 Å². The third-order valence-corrected chi connectivity index (χ3v) is 2.17. The first-order chi connectivity index (χ1) is 7.95. The highest BCUT2D eigenvalue weighted by atomic mass is 16.5. The maximum Gasteiger partial charge on any atom is 0.325 e. The number of rotatable bonds is 3. The largest absolute Gasteiger partial charge is 0.504 e. The summed E-state index contributed by atoms with van der Waals surface area (Å²) in [4.78, 5) is 23.6. The van der Waals surface area contributed by atoms with Crippen LogP contribution in [0.4, 0.5) is 5.69 Å². The van der Waals surface area contributed by atoms with Gasteiger partial charge in [0, 0.05) is 18.7 Å². The van der Waals surface area contributed by atoms with Crippen molar-refractivity contribution < 1.29 is 24.5 Å². The first-order valence-electron chi connectivity index (χ1n) is 4.82. The number of carbonyl (C=O) groups is 2. The van der Waals surface area contributed by atoms with Gasteiger partial charge in [0.2, 0.25) is 5.91 Å². The Bertz CT molecular complexity index is 443. The molecule has 0 saturated heterocycles. The van der Waals surface area contributed by atoms with Gasteiger partial charge in [-0.1, -0.05) is 0 Å². The van der Waals surface area contributed by atoms with Gasteiger partial charge in [-0.15, -0.1) is 0 Å². The van der Waals surface area contributed by atoms with Gasteiger partial charge in [-0.25, -0.2) is 0 Å². The summed E-state index contributed by atoms with van der Waals surface area (Å²) in [5.41, 5.74) is 0.304.